The summed E-state index contributed by atoms with van der Waals surface area (Å²) in [6.45, 7) is 5.90. The van der Waals surface area contributed by atoms with Crippen molar-refractivity contribution in [2.24, 2.45) is 0 Å². The van der Waals surface area contributed by atoms with Crippen molar-refractivity contribution in [1.82, 2.24) is 25.9 Å². The van der Waals surface area contributed by atoms with Gasteiger partial charge in [0.25, 0.3) is 5.91 Å². The molecule has 3 N–H and O–H groups in total. The lowest BCUT2D eigenvalue weighted by molar-refractivity contribution is 0.0404. The molecule has 0 radical (unpaired) electrons. The highest BCUT2D eigenvalue weighted by molar-refractivity contribution is 5.92. The number of aromatic nitrogens is 2. The Morgan fingerprint density at radius 2 is 1.37 bits per heavy atom. The van der Waals surface area contributed by atoms with E-state index >= 15 is 0 Å². The molecule has 0 aliphatic heterocycles. The SMILES string of the molecule is COC(=O)c1coc([C@H](CCCCNC(=O)OCc2ccccc2)NC(=O)c2coc([C@H](COCc3ccccc3)NC(=O)OC(C)(C)C)n2)n1. The van der Waals surface area contributed by atoms with Crippen molar-refractivity contribution in [3.05, 3.63) is 107 Å². The zero-order valence-corrected chi connectivity index (χ0v) is 29.0. The first-order valence-electron chi connectivity index (χ1n) is 16.4. The van der Waals surface area contributed by atoms with Gasteiger partial charge < -0.3 is 43.7 Å². The molecular weight excluding hydrogens is 662 g/mol. The quantitative estimate of drug-likeness (QED) is 0.0680. The van der Waals surface area contributed by atoms with E-state index in [1.807, 2.05) is 60.7 Å². The van der Waals surface area contributed by atoms with Gasteiger partial charge in [-0.1, -0.05) is 60.7 Å². The number of carbonyl (C=O) groups is 4. The molecule has 0 unspecified atom stereocenters. The highest BCUT2D eigenvalue weighted by atomic mass is 16.6. The Morgan fingerprint density at radius 1 is 0.765 bits per heavy atom. The van der Waals surface area contributed by atoms with Crippen LogP contribution in [0.5, 0.6) is 0 Å². The summed E-state index contributed by atoms with van der Waals surface area (Å²) in [4.78, 5) is 58.7. The second-order valence-corrected chi connectivity index (χ2v) is 12.3. The van der Waals surface area contributed by atoms with Crippen molar-refractivity contribution in [3.8, 4) is 0 Å². The number of methoxy groups -OCH3 is 1. The minimum absolute atomic E-state index is 0.0185. The third-order valence-electron chi connectivity index (χ3n) is 7.06. The molecule has 0 fully saturated rings. The topological polar surface area (TPSA) is 193 Å². The van der Waals surface area contributed by atoms with Gasteiger partial charge in [0, 0.05) is 6.54 Å². The molecule has 4 rings (SSSR count). The molecule has 3 amide bonds. The van der Waals surface area contributed by atoms with Crippen molar-refractivity contribution in [3.63, 3.8) is 0 Å². The number of amides is 3. The van der Waals surface area contributed by atoms with Gasteiger partial charge in [-0.05, 0) is 51.2 Å². The van der Waals surface area contributed by atoms with Gasteiger partial charge in [-0.2, -0.15) is 0 Å². The van der Waals surface area contributed by atoms with Gasteiger partial charge in [-0.3, -0.25) is 4.79 Å². The Bertz CT molecular complexity index is 1700. The standard InChI is InChI=1S/C36H43N5O10/c1-36(2,3)51-35(45)41-28(21-47-19-24-13-7-5-8-14-24)32-39-27(22-48-32)30(42)38-26(31-40-29(23-49-31)33(43)46-4)17-11-12-18-37-34(44)50-20-25-15-9-6-10-16-25/h5-10,13-16,22-23,26,28H,11-12,17-21H2,1-4H3,(H,37,44)(H,38,42)(H,41,45)/t26-,28-/m0/s1. The molecule has 0 aliphatic carbocycles. The summed E-state index contributed by atoms with van der Waals surface area (Å²) < 4.78 is 32.4. The smallest absolute Gasteiger partial charge is 0.408 e. The normalized spacial score (nSPS) is 12.3. The molecule has 272 valence electrons. The fraction of sp³-hybridized carbons (Fsp3) is 0.389. The maximum atomic E-state index is 13.4. The van der Waals surface area contributed by atoms with Crippen LogP contribution >= 0.6 is 0 Å². The predicted octanol–water partition coefficient (Wildman–Crippen LogP) is 5.80. The van der Waals surface area contributed by atoms with E-state index in [9.17, 15) is 19.2 Å². The number of hydrogen-bond acceptors (Lipinski definition) is 12. The summed E-state index contributed by atoms with van der Waals surface area (Å²) in [6.07, 6.45) is 2.41. The highest BCUT2D eigenvalue weighted by Crippen LogP contribution is 2.22. The molecule has 2 heterocycles. The molecule has 0 aliphatic rings. The number of oxazole rings is 2. The minimum atomic E-state index is -0.887. The summed E-state index contributed by atoms with van der Waals surface area (Å²) in [5.74, 6) is -1.24. The van der Waals surface area contributed by atoms with Gasteiger partial charge >= 0.3 is 18.2 Å². The second-order valence-electron chi connectivity index (χ2n) is 12.3. The van der Waals surface area contributed by atoms with E-state index < -0.39 is 41.7 Å². The minimum Gasteiger partial charge on any atom is -0.464 e. The van der Waals surface area contributed by atoms with Crippen molar-refractivity contribution in [1.29, 1.82) is 0 Å². The Balaban J connectivity index is 1.38. The molecular formula is C36H43N5O10. The summed E-state index contributed by atoms with van der Waals surface area (Å²) in [7, 11) is 1.22. The third-order valence-corrected chi connectivity index (χ3v) is 7.06. The monoisotopic (exact) mass is 705 g/mol. The number of carbonyl (C=O) groups excluding carboxylic acids is 4. The number of esters is 1. The van der Waals surface area contributed by atoms with Gasteiger partial charge in [-0.25, -0.2) is 24.4 Å². The first-order chi connectivity index (χ1) is 24.5. The fourth-order valence-electron chi connectivity index (χ4n) is 4.62. The largest absolute Gasteiger partial charge is 0.464 e. The van der Waals surface area contributed by atoms with Gasteiger partial charge in [0.05, 0.1) is 20.3 Å². The second kappa shape index (κ2) is 18.9. The van der Waals surface area contributed by atoms with E-state index in [0.29, 0.717) is 25.8 Å². The Kier molecular flexibility index (Phi) is 14.1. The molecule has 0 spiro atoms. The van der Waals surface area contributed by atoms with Gasteiger partial charge in [0.15, 0.2) is 11.4 Å². The molecule has 2 aromatic carbocycles. The van der Waals surface area contributed by atoms with Crippen LogP contribution in [0.1, 0.15) is 96.0 Å². The van der Waals surface area contributed by atoms with Crippen LogP contribution in [-0.4, -0.2) is 59.9 Å². The molecule has 0 saturated carbocycles. The summed E-state index contributed by atoms with van der Waals surface area (Å²) in [6, 6.07) is 17.1. The van der Waals surface area contributed by atoms with Crippen molar-refractivity contribution >= 4 is 24.1 Å². The molecule has 4 aromatic rings. The van der Waals surface area contributed by atoms with Crippen LogP contribution in [0.15, 0.2) is 82.0 Å². The average molecular weight is 706 g/mol. The molecule has 15 nitrogen and oxygen atoms in total. The third kappa shape index (κ3) is 12.9. The lowest BCUT2D eigenvalue weighted by Crippen LogP contribution is -2.37. The lowest BCUT2D eigenvalue weighted by Gasteiger charge is -2.22. The van der Waals surface area contributed by atoms with E-state index in [2.05, 4.69) is 25.9 Å². The van der Waals surface area contributed by atoms with E-state index in [1.165, 1.54) is 7.11 Å². The number of benzene rings is 2. The number of unbranched alkanes of at least 4 members (excludes halogenated alkanes) is 1. The van der Waals surface area contributed by atoms with E-state index in [4.69, 9.17) is 27.8 Å². The summed E-state index contributed by atoms with van der Waals surface area (Å²) in [5, 5.41) is 8.22. The number of alkyl carbamates (subject to hydrolysis) is 2. The lowest BCUT2D eigenvalue weighted by atomic mass is 10.1. The molecule has 2 aromatic heterocycles. The summed E-state index contributed by atoms with van der Waals surface area (Å²) >= 11 is 0. The van der Waals surface area contributed by atoms with Gasteiger partial charge in [-0.15, -0.1) is 0 Å². The van der Waals surface area contributed by atoms with Crippen LogP contribution in [0, 0.1) is 0 Å². The van der Waals surface area contributed by atoms with Crippen molar-refractivity contribution in [2.75, 3.05) is 20.3 Å². The van der Waals surface area contributed by atoms with Crippen molar-refractivity contribution in [2.45, 2.75) is 70.9 Å². The van der Waals surface area contributed by atoms with E-state index in [0.717, 1.165) is 23.7 Å². The highest BCUT2D eigenvalue weighted by Gasteiger charge is 2.28. The molecule has 15 heteroatoms. The predicted molar refractivity (Wildman–Crippen MR) is 181 cm³/mol. The first-order valence-corrected chi connectivity index (χ1v) is 16.4. The zero-order chi connectivity index (χ0) is 36.6. The van der Waals surface area contributed by atoms with Crippen LogP contribution < -0.4 is 16.0 Å². The number of hydrogen-bond donors (Lipinski definition) is 3. The van der Waals surface area contributed by atoms with E-state index in [-0.39, 0.29) is 43.0 Å². The maximum absolute atomic E-state index is 13.4. The van der Waals surface area contributed by atoms with Crippen molar-refractivity contribution < 1.29 is 47.0 Å². The van der Waals surface area contributed by atoms with E-state index in [1.54, 1.807) is 20.8 Å². The Hall–Kier alpha value is -5.70. The number of nitrogens with one attached hydrogen (secondary N) is 3. The maximum Gasteiger partial charge on any atom is 0.408 e. The van der Waals surface area contributed by atoms with Crippen LogP contribution in [0.3, 0.4) is 0 Å². The molecule has 0 saturated heterocycles. The summed E-state index contributed by atoms with van der Waals surface area (Å²) in [5.41, 5.74) is 0.883. The van der Waals surface area contributed by atoms with Gasteiger partial charge in [0.1, 0.15) is 36.8 Å². The number of ether oxygens (including phenoxy) is 4. The Labute approximate surface area is 295 Å². The van der Waals surface area contributed by atoms with Crippen LogP contribution in [0.2, 0.25) is 0 Å². The molecule has 2 atom stereocenters. The first kappa shape index (κ1) is 38.1. The Morgan fingerprint density at radius 3 is 2.02 bits per heavy atom. The van der Waals surface area contributed by atoms with Crippen LogP contribution in [0.25, 0.3) is 0 Å². The molecule has 51 heavy (non-hydrogen) atoms. The van der Waals surface area contributed by atoms with Crippen LogP contribution in [-0.2, 0) is 32.2 Å². The van der Waals surface area contributed by atoms with Crippen LogP contribution in [0.4, 0.5) is 9.59 Å². The molecule has 0 bridgehead atoms. The van der Waals surface area contributed by atoms with Gasteiger partial charge in [0.2, 0.25) is 11.8 Å². The number of rotatable bonds is 17. The zero-order valence-electron chi connectivity index (χ0n) is 29.0. The number of nitrogens with zero attached hydrogens (tertiary/aromatic N) is 2. The fourth-order valence-corrected chi connectivity index (χ4v) is 4.62. The average Bonchev–Trinajstić information content (AvgIpc) is 3.81.